The number of aliphatic hydroxyl groups is 1. The van der Waals surface area contributed by atoms with Gasteiger partial charge < -0.3 is 14.6 Å². The van der Waals surface area contributed by atoms with Gasteiger partial charge in [-0.3, -0.25) is 4.98 Å². The Bertz CT molecular complexity index is 597. The topological polar surface area (TPSA) is 51.6 Å². The Balaban J connectivity index is 1.90. The van der Waals surface area contributed by atoms with Gasteiger partial charge in [-0.05, 0) is 19.1 Å². The number of benzene rings is 1. The van der Waals surface area contributed by atoms with Gasteiger partial charge >= 0.3 is 0 Å². The first-order chi connectivity index (χ1) is 9.67. The van der Waals surface area contributed by atoms with E-state index in [0.717, 1.165) is 33.9 Å². The molecule has 1 aromatic heterocycles. The zero-order chi connectivity index (χ0) is 14.1. The van der Waals surface area contributed by atoms with Gasteiger partial charge in [-0.15, -0.1) is 11.3 Å². The van der Waals surface area contributed by atoms with Crippen molar-refractivity contribution >= 4 is 11.3 Å². The number of nitrogens with zero attached hydrogens (tertiary/aromatic N) is 1. The minimum absolute atomic E-state index is 0.184. The van der Waals surface area contributed by atoms with Crippen molar-refractivity contribution < 1.29 is 14.6 Å². The highest BCUT2D eigenvalue weighted by atomic mass is 32.1. The number of methoxy groups -OCH3 is 1. The smallest absolute Gasteiger partial charge is 0.125 e. The molecular weight excluding hydrogens is 274 g/mol. The molecule has 0 saturated carbocycles. The number of hydrogen-bond donors (Lipinski definition) is 1. The molecule has 1 N–H and O–H groups in total. The summed E-state index contributed by atoms with van der Waals surface area (Å²) in [4.78, 5) is 5.08. The summed E-state index contributed by atoms with van der Waals surface area (Å²) in [6.45, 7) is 2.04. The molecule has 20 heavy (non-hydrogen) atoms. The van der Waals surface area contributed by atoms with Crippen molar-refractivity contribution in [3.8, 4) is 11.5 Å². The van der Waals surface area contributed by atoms with Crippen molar-refractivity contribution in [3.63, 3.8) is 0 Å². The van der Waals surface area contributed by atoms with Crippen LogP contribution in [0.15, 0.2) is 23.8 Å². The summed E-state index contributed by atoms with van der Waals surface area (Å²) in [6, 6.07) is 3.88. The minimum atomic E-state index is -0.616. The van der Waals surface area contributed by atoms with Crippen LogP contribution in [0.3, 0.4) is 0 Å². The molecular formula is C15H17NO3S. The van der Waals surface area contributed by atoms with Crippen LogP contribution < -0.4 is 9.47 Å². The van der Waals surface area contributed by atoms with Gasteiger partial charge in [-0.25, -0.2) is 0 Å². The predicted molar refractivity (Wildman–Crippen MR) is 77.6 cm³/mol. The summed E-state index contributed by atoms with van der Waals surface area (Å²) in [5.41, 5.74) is 3.68. The van der Waals surface area contributed by atoms with E-state index in [1.807, 2.05) is 19.1 Å². The Morgan fingerprint density at radius 3 is 3.10 bits per heavy atom. The van der Waals surface area contributed by atoms with E-state index in [-0.39, 0.29) is 6.10 Å². The molecule has 0 fully saturated rings. The predicted octanol–water partition coefficient (Wildman–Crippen LogP) is 2.75. The second-order valence-corrected chi connectivity index (χ2v) is 5.99. The van der Waals surface area contributed by atoms with E-state index in [2.05, 4.69) is 4.98 Å². The molecule has 5 heteroatoms. The van der Waals surface area contributed by atoms with Gasteiger partial charge in [0.1, 0.15) is 17.6 Å². The number of ether oxygens (including phenoxy) is 2. The van der Waals surface area contributed by atoms with Crippen molar-refractivity contribution in [2.75, 3.05) is 7.11 Å². The Labute approximate surface area is 122 Å². The molecule has 1 aromatic carbocycles. The van der Waals surface area contributed by atoms with E-state index in [1.54, 1.807) is 30.2 Å². The van der Waals surface area contributed by atoms with E-state index < -0.39 is 6.10 Å². The molecule has 2 aromatic rings. The quantitative estimate of drug-likeness (QED) is 0.941. The fourth-order valence-electron chi connectivity index (χ4n) is 2.54. The third kappa shape index (κ3) is 2.51. The Kier molecular flexibility index (Phi) is 3.63. The largest absolute Gasteiger partial charge is 0.496 e. The van der Waals surface area contributed by atoms with Gasteiger partial charge in [0.2, 0.25) is 0 Å². The molecule has 2 atom stereocenters. The van der Waals surface area contributed by atoms with Crippen LogP contribution in [0, 0.1) is 0 Å². The Morgan fingerprint density at radius 2 is 2.40 bits per heavy atom. The molecule has 2 unspecified atom stereocenters. The molecule has 0 saturated heterocycles. The SMILES string of the molecule is COc1cc2c(cc1C(O)Cc1cncs1)OC(C)C2. The van der Waals surface area contributed by atoms with E-state index in [1.165, 1.54) is 0 Å². The highest BCUT2D eigenvalue weighted by Crippen LogP contribution is 2.38. The average Bonchev–Trinajstić information content (AvgIpc) is 3.04. The molecule has 0 radical (unpaired) electrons. The highest BCUT2D eigenvalue weighted by Gasteiger charge is 2.24. The molecule has 1 aliphatic heterocycles. The number of aliphatic hydroxyl groups excluding tert-OH is 1. The maximum Gasteiger partial charge on any atom is 0.125 e. The monoisotopic (exact) mass is 291 g/mol. The molecule has 0 amide bonds. The fourth-order valence-corrected chi connectivity index (χ4v) is 3.17. The molecule has 2 heterocycles. The number of hydrogen-bond acceptors (Lipinski definition) is 5. The third-order valence-electron chi connectivity index (χ3n) is 3.49. The van der Waals surface area contributed by atoms with Gasteiger partial charge in [-0.1, -0.05) is 0 Å². The lowest BCUT2D eigenvalue weighted by Gasteiger charge is -2.15. The second-order valence-electron chi connectivity index (χ2n) is 5.02. The molecule has 106 valence electrons. The molecule has 0 bridgehead atoms. The Hall–Kier alpha value is -1.59. The van der Waals surface area contributed by atoms with Crippen LogP contribution in [-0.4, -0.2) is 23.3 Å². The molecule has 3 rings (SSSR count). The molecule has 0 aliphatic carbocycles. The van der Waals surface area contributed by atoms with Crippen molar-refractivity contribution in [1.29, 1.82) is 0 Å². The number of fused-ring (bicyclic) bond motifs is 1. The summed E-state index contributed by atoms with van der Waals surface area (Å²) in [6.07, 6.45) is 2.78. The van der Waals surface area contributed by atoms with Crippen LogP contribution in [0.1, 0.15) is 29.0 Å². The van der Waals surface area contributed by atoms with E-state index in [0.29, 0.717) is 6.42 Å². The fraction of sp³-hybridized carbons (Fsp3) is 0.400. The zero-order valence-corrected chi connectivity index (χ0v) is 12.3. The number of thiazole rings is 1. The van der Waals surface area contributed by atoms with Gasteiger partial charge in [0.15, 0.2) is 0 Å². The summed E-state index contributed by atoms with van der Waals surface area (Å²) >= 11 is 1.54. The van der Waals surface area contributed by atoms with Crippen LogP contribution in [-0.2, 0) is 12.8 Å². The van der Waals surface area contributed by atoms with E-state index >= 15 is 0 Å². The van der Waals surface area contributed by atoms with Gasteiger partial charge in [0.05, 0.1) is 18.7 Å². The number of aromatic nitrogens is 1. The second kappa shape index (κ2) is 5.42. The van der Waals surface area contributed by atoms with Crippen LogP contribution >= 0.6 is 11.3 Å². The van der Waals surface area contributed by atoms with Crippen molar-refractivity contribution in [3.05, 3.63) is 39.8 Å². The average molecular weight is 291 g/mol. The number of rotatable bonds is 4. The lowest BCUT2D eigenvalue weighted by molar-refractivity contribution is 0.174. The minimum Gasteiger partial charge on any atom is -0.496 e. The van der Waals surface area contributed by atoms with Crippen LogP contribution in [0.4, 0.5) is 0 Å². The summed E-state index contributed by atoms with van der Waals surface area (Å²) in [5, 5.41) is 10.4. The summed E-state index contributed by atoms with van der Waals surface area (Å²) in [5.74, 6) is 1.58. The lowest BCUT2D eigenvalue weighted by Crippen LogP contribution is -2.05. The standard InChI is InChI=1S/C15H17NO3S/c1-9-3-10-4-15(18-2)12(6-14(10)19-9)13(17)5-11-7-16-8-20-11/h4,6-9,13,17H,3,5H2,1-2H3. The van der Waals surface area contributed by atoms with Crippen LogP contribution in [0.25, 0.3) is 0 Å². The maximum absolute atomic E-state index is 10.4. The lowest BCUT2D eigenvalue weighted by atomic mass is 10.0. The first-order valence-corrected chi connectivity index (χ1v) is 7.48. The summed E-state index contributed by atoms with van der Waals surface area (Å²) < 4.78 is 11.2. The zero-order valence-electron chi connectivity index (χ0n) is 11.5. The highest BCUT2D eigenvalue weighted by molar-refractivity contribution is 7.09. The van der Waals surface area contributed by atoms with Crippen LogP contribution in [0.2, 0.25) is 0 Å². The van der Waals surface area contributed by atoms with E-state index in [9.17, 15) is 5.11 Å². The molecule has 4 nitrogen and oxygen atoms in total. The first-order valence-electron chi connectivity index (χ1n) is 6.60. The van der Waals surface area contributed by atoms with Crippen molar-refractivity contribution in [2.45, 2.75) is 32.0 Å². The third-order valence-corrected chi connectivity index (χ3v) is 4.29. The molecule has 0 spiro atoms. The van der Waals surface area contributed by atoms with Crippen molar-refractivity contribution in [2.24, 2.45) is 0 Å². The first kappa shape index (κ1) is 13.4. The molecule has 1 aliphatic rings. The summed E-state index contributed by atoms with van der Waals surface area (Å²) in [7, 11) is 1.63. The van der Waals surface area contributed by atoms with Crippen molar-refractivity contribution in [1.82, 2.24) is 4.98 Å². The van der Waals surface area contributed by atoms with Gasteiger partial charge in [-0.2, -0.15) is 0 Å². The Morgan fingerprint density at radius 1 is 1.55 bits per heavy atom. The van der Waals surface area contributed by atoms with Gasteiger partial charge in [0.25, 0.3) is 0 Å². The maximum atomic E-state index is 10.4. The van der Waals surface area contributed by atoms with Crippen LogP contribution in [0.5, 0.6) is 11.5 Å². The normalized spacial score (nSPS) is 18.4. The van der Waals surface area contributed by atoms with Gasteiger partial charge in [0, 0.05) is 35.0 Å². The van der Waals surface area contributed by atoms with E-state index in [4.69, 9.17) is 9.47 Å².